The Morgan fingerprint density at radius 2 is 2.17 bits per heavy atom. The summed E-state index contributed by atoms with van der Waals surface area (Å²) in [5.74, 6) is 0.157. The van der Waals surface area contributed by atoms with Crippen LogP contribution in [0.2, 0.25) is 5.02 Å². The van der Waals surface area contributed by atoms with E-state index in [4.69, 9.17) is 16.7 Å². The third-order valence-electron chi connectivity index (χ3n) is 1.65. The quantitative estimate of drug-likeness (QED) is 0.675. The lowest BCUT2D eigenvalue weighted by atomic mass is 10.2. The summed E-state index contributed by atoms with van der Waals surface area (Å²) in [6.45, 7) is 0. The Labute approximate surface area is 74.4 Å². The number of aromatic hydroxyl groups is 1. The van der Waals surface area contributed by atoms with E-state index in [0.717, 1.165) is 10.9 Å². The molecule has 1 aromatic carbocycles. The third kappa shape index (κ3) is 1.10. The highest BCUT2D eigenvalue weighted by atomic mass is 35.5. The Bertz CT molecular complexity index is 428. The Hall–Kier alpha value is -1.28. The first-order chi connectivity index (χ1) is 5.77. The van der Waals surface area contributed by atoms with Crippen LogP contribution >= 0.6 is 11.6 Å². The summed E-state index contributed by atoms with van der Waals surface area (Å²) in [5, 5.41) is 10.6. The molecule has 0 amide bonds. The van der Waals surface area contributed by atoms with Crippen LogP contribution in [0.3, 0.4) is 0 Å². The molecule has 1 N–H and O–H groups in total. The third-order valence-corrected chi connectivity index (χ3v) is 1.95. The molecule has 0 radical (unpaired) electrons. The van der Waals surface area contributed by atoms with Gasteiger partial charge in [-0.1, -0.05) is 23.7 Å². The predicted molar refractivity (Wildman–Crippen MR) is 48.4 cm³/mol. The molecule has 2 nitrogen and oxygen atoms in total. The van der Waals surface area contributed by atoms with E-state index in [9.17, 15) is 0 Å². The van der Waals surface area contributed by atoms with E-state index in [1.165, 1.54) is 6.20 Å². The van der Waals surface area contributed by atoms with Gasteiger partial charge < -0.3 is 5.11 Å². The topological polar surface area (TPSA) is 33.1 Å². The standard InChI is InChI=1S/C9H6ClNO/c10-8-3-1-2-6-4-7(12)5-11-9(6)8/h1-5,12H. The number of pyridine rings is 1. The first kappa shape index (κ1) is 7.37. The van der Waals surface area contributed by atoms with Gasteiger partial charge in [0.15, 0.2) is 0 Å². The molecule has 2 rings (SSSR count). The fraction of sp³-hybridized carbons (Fsp3) is 0. The van der Waals surface area contributed by atoms with E-state index < -0.39 is 0 Å². The van der Waals surface area contributed by atoms with Crippen molar-refractivity contribution in [2.75, 3.05) is 0 Å². The number of rotatable bonds is 0. The Kier molecular flexibility index (Phi) is 1.62. The first-order valence-corrected chi connectivity index (χ1v) is 3.88. The number of nitrogens with zero attached hydrogens (tertiary/aromatic N) is 1. The average molecular weight is 180 g/mol. The Morgan fingerprint density at radius 3 is 3.00 bits per heavy atom. The summed E-state index contributed by atoms with van der Waals surface area (Å²) in [4.78, 5) is 4.00. The largest absolute Gasteiger partial charge is 0.506 e. The van der Waals surface area contributed by atoms with Gasteiger partial charge in [0.1, 0.15) is 5.75 Å². The predicted octanol–water partition coefficient (Wildman–Crippen LogP) is 2.59. The van der Waals surface area contributed by atoms with Crippen LogP contribution in [0.1, 0.15) is 0 Å². The fourth-order valence-corrected chi connectivity index (χ4v) is 1.34. The van der Waals surface area contributed by atoms with Gasteiger partial charge >= 0.3 is 0 Å². The van der Waals surface area contributed by atoms with E-state index in [0.29, 0.717) is 5.02 Å². The summed E-state index contributed by atoms with van der Waals surface area (Å²) < 4.78 is 0. The maximum absolute atomic E-state index is 9.12. The highest BCUT2D eigenvalue weighted by molar-refractivity contribution is 6.35. The van der Waals surface area contributed by atoms with Crippen molar-refractivity contribution in [1.29, 1.82) is 0 Å². The summed E-state index contributed by atoms with van der Waals surface area (Å²) in [7, 11) is 0. The number of fused-ring (bicyclic) bond motifs is 1. The molecule has 0 fully saturated rings. The lowest BCUT2D eigenvalue weighted by Gasteiger charge is -1.98. The van der Waals surface area contributed by atoms with Crippen molar-refractivity contribution in [2.24, 2.45) is 0 Å². The van der Waals surface area contributed by atoms with Crippen LogP contribution in [0, 0.1) is 0 Å². The van der Waals surface area contributed by atoms with E-state index in [1.807, 2.05) is 12.1 Å². The number of benzene rings is 1. The van der Waals surface area contributed by atoms with Crippen LogP contribution < -0.4 is 0 Å². The molecule has 12 heavy (non-hydrogen) atoms. The highest BCUT2D eigenvalue weighted by Crippen LogP contribution is 2.23. The van der Waals surface area contributed by atoms with Crippen molar-refractivity contribution < 1.29 is 5.11 Å². The molecular weight excluding hydrogens is 174 g/mol. The monoisotopic (exact) mass is 179 g/mol. The summed E-state index contributed by atoms with van der Waals surface area (Å²) in [6, 6.07) is 7.09. The van der Waals surface area contributed by atoms with Crippen molar-refractivity contribution >= 4 is 22.5 Å². The fourth-order valence-electron chi connectivity index (χ4n) is 1.11. The first-order valence-electron chi connectivity index (χ1n) is 3.50. The number of hydrogen-bond donors (Lipinski definition) is 1. The number of aromatic nitrogens is 1. The lowest BCUT2D eigenvalue weighted by Crippen LogP contribution is -1.78. The van der Waals surface area contributed by atoms with Gasteiger partial charge in [-0.2, -0.15) is 0 Å². The van der Waals surface area contributed by atoms with Crippen molar-refractivity contribution in [3.05, 3.63) is 35.5 Å². The molecule has 3 heteroatoms. The number of para-hydroxylation sites is 1. The summed E-state index contributed by atoms with van der Waals surface area (Å²) >= 11 is 5.87. The van der Waals surface area contributed by atoms with E-state index in [2.05, 4.69) is 4.98 Å². The van der Waals surface area contributed by atoms with Gasteiger partial charge in [-0.05, 0) is 12.1 Å². The van der Waals surface area contributed by atoms with Crippen LogP contribution in [0.5, 0.6) is 5.75 Å². The second kappa shape index (κ2) is 2.64. The van der Waals surface area contributed by atoms with Gasteiger partial charge in [-0.3, -0.25) is 4.98 Å². The van der Waals surface area contributed by atoms with Gasteiger partial charge in [-0.25, -0.2) is 0 Å². The molecule has 1 aromatic heterocycles. The molecule has 60 valence electrons. The molecule has 0 spiro atoms. The van der Waals surface area contributed by atoms with Crippen LogP contribution in [-0.2, 0) is 0 Å². The minimum Gasteiger partial charge on any atom is -0.506 e. The number of hydrogen-bond acceptors (Lipinski definition) is 2. The maximum Gasteiger partial charge on any atom is 0.134 e. The van der Waals surface area contributed by atoms with Crippen LogP contribution in [0.15, 0.2) is 30.5 Å². The summed E-state index contributed by atoms with van der Waals surface area (Å²) in [5.41, 5.74) is 0.719. The molecule has 0 aliphatic heterocycles. The van der Waals surface area contributed by atoms with E-state index in [-0.39, 0.29) is 5.75 Å². The maximum atomic E-state index is 9.12. The molecule has 0 saturated heterocycles. The second-order valence-electron chi connectivity index (χ2n) is 2.51. The zero-order chi connectivity index (χ0) is 8.55. The molecule has 2 aromatic rings. The van der Waals surface area contributed by atoms with Crippen LogP contribution in [0.4, 0.5) is 0 Å². The second-order valence-corrected chi connectivity index (χ2v) is 2.91. The van der Waals surface area contributed by atoms with Gasteiger partial charge in [0.25, 0.3) is 0 Å². The molecule has 0 saturated carbocycles. The summed E-state index contributed by atoms with van der Waals surface area (Å²) in [6.07, 6.45) is 1.38. The van der Waals surface area contributed by atoms with Crippen molar-refractivity contribution in [3.8, 4) is 5.75 Å². The Morgan fingerprint density at radius 1 is 1.33 bits per heavy atom. The van der Waals surface area contributed by atoms with Gasteiger partial charge in [0, 0.05) is 5.39 Å². The normalized spacial score (nSPS) is 10.4. The molecule has 0 bridgehead atoms. The van der Waals surface area contributed by atoms with Crippen molar-refractivity contribution in [2.45, 2.75) is 0 Å². The minimum absolute atomic E-state index is 0.157. The molecule has 0 atom stereocenters. The number of halogens is 1. The minimum atomic E-state index is 0.157. The average Bonchev–Trinajstić information content (AvgIpc) is 2.04. The van der Waals surface area contributed by atoms with Crippen molar-refractivity contribution in [3.63, 3.8) is 0 Å². The van der Waals surface area contributed by atoms with Gasteiger partial charge in [0.05, 0.1) is 16.7 Å². The highest BCUT2D eigenvalue weighted by Gasteiger charge is 1.99. The van der Waals surface area contributed by atoms with Crippen LogP contribution in [-0.4, -0.2) is 10.1 Å². The zero-order valence-electron chi connectivity index (χ0n) is 6.16. The lowest BCUT2D eigenvalue weighted by molar-refractivity contribution is 0.474. The SMILES string of the molecule is Oc1cnc2c(Cl)cccc2c1. The smallest absolute Gasteiger partial charge is 0.134 e. The molecule has 0 aliphatic carbocycles. The van der Waals surface area contributed by atoms with Crippen LogP contribution in [0.25, 0.3) is 10.9 Å². The van der Waals surface area contributed by atoms with E-state index in [1.54, 1.807) is 12.1 Å². The molecule has 0 unspecified atom stereocenters. The van der Waals surface area contributed by atoms with Gasteiger partial charge in [-0.15, -0.1) is 0 Å². The van der Waals surface area contributed by atoms with Crippen molar-refractivity contribution in [1.82, 2.24) is 4.98 Å². The Balaban J connectivity index is 2.86. The molecular formula is C9H6ClNO. The van der Waals surface area contributed by atoms with E-state index >= 15 is 0 Å². The molecule has 1 heterocycles. The van der Waals surface area contributed by atoms with Gasteiger partial charge in [0.2, 0.25) is 0 Å². The molecule has 0 aliphatic rings. The zero-order valence-corrected chi connectivity index (χ0v) is 6.92.